The number of carbonyl (C=O) groups is 1. The second-order valence-electron chi connectivity index (χ2n) is 6.06. The van der Waals surface area contributed by atoms with Crippen LogP contribution < -0.4 is 5.32 Å². The van der Waals surface area contributed by atoms with Crippen LogP contribution in [0.1, 0.15) is 11.1 Å². The van der Waals surface area contributed by atoms with Crippen molar-refractivity contribution in [2.75, 3.05) is 11.1 Å². The molecule has 1 heterocycles. The number of aryl methyl sites for hydroxylation is 1. The van der Waals surface area contributed by atoms with E-state index in [0.717, 1.165) is 11.3 Å². The number of nitro benzene ring substituents is 1. The van der Waals surface area contributed by atoms with Gasteiger partial charge in [-0.2, -0.15) is 0 Å². The number of imidazole rings is 1. The highest BCUT2D eigenvalue weighted by atomic mass is 35.5. The molecule has 0 bridgehead atoms. The molecular weight excluding hydrogens is 400 g/mol. The standard InChI is InChI=1S/C19H17ClN4O3S/c1-12-10-14(24(26)27)6-7-16(12)22-18(25)11-28-19-21-8-9-23(19)17-5-3-4-15(20)13(17)2/h3-10H,11H2,1-2H3,(H,22,25). The van der Waals surface area contributed by atoms with Gasteiger partial charge in [-0.25, -0.2) is 4.98 Å². The van der Waals surface area contributed by atoms with Gasteiger partial charge in [0.05, 0.1) is 16.4 Å². The molecule has 0 saturated heterocycles. The summed E-state index contributed by atoms with van der Waals surface area (Å²) >= 11 is 7.49. The molecule has 0 radical (unpaired) electrons. The fourth-order valence-electron chi connectivity index (χ4n) is 2.65. The highest BCUT2D eigenvalue weighted by Gasteiger charge is 2.13. The molecular formula is C19H17ClN4O3S. The van der Waals surface area contributed by atoms with Crippen molar-refractivity contribution in [3.8, 4) is 5.69 Å². The Morgan fingerprint density at radius 1 is 1.32 bits per heavy atom. The van der Waals surface area contributed by atoms with Gasteiger partial charge < -0.3 is 5.32 Å². The van der Waals surface area contributed by atoms with Gasteiger partial charge in [-0.15, -0.1) is 0 Å². The molecule has 0 unspecified atom stereocenters. The van der Waals surface area contributed by atoms with E-state index in [-0.39, 0.29) is 17.3 Å². The zero-order valence-corrected chi connectivity index (χ0v) is 16.8. The molecule has 0 saturated carbocycles. The lowest BCUT2D eigenvalue weighted by atomic mass is 10.2. The van der Waals surface area contributed by atoms with Gasteiger partial charge in [-0.1, -0.05) is 29.4 Å². The number of nitrogens with one attached hydrogen (secondary N) is 1. The van der Waals surface area contributed by atoms with Crippen LogP contribution in [-0.4, -0.2) is 26.1 Å². The summed E-state index contributed by atoms with van der Waals surface area (Å²) < 4.78 is 1.89. The second-order valence-corrected chi connectivity index (χ2v) is 7.41. The number of carbonyl (C=O) groups excluding carboxylic acids is 1. The minimum absolute atomic E-state index is 0.0104. The lowest BCUT2D eigenvalue weighted by Crippen LogP contribution is -2.15. The maximum atomic E-state index is 12.3. The summed E-state index contributed by atoms with van der Waals surface area (Å²) in [6.45, 7) is 3.64. The maximum Gasteiger partial charge on any atom is 0.269 e. The zero-order chi connectivity index (χ0) is 20.3. The van der Waals surface area contributed by atoms with E-state index in [2.05, 4.69) is 10.3 Å². The summed E-state index contributed by atoms with van der Waals surface area (Å²) in [5.41, 5.74) is 2.99. The monoisotopic (exact) mass is 416 g/mol. The largest absolute Gasteiger partial charge is 0.325 e. The number of hydrogen-bond acceptors (Lipinski definition) is 5. The molecule has 3 rings (SSSR count). The van der Waals surface area contributed by atoms with Gasteiger partial charge in [0.25, 0.3) is 5.69 Å². The topological polar surface area (TPSA) is 90.1 Å². The van der Waals surface area contributed by atoms with Gasteiger partial charge in [0.2, 0.25) is 5.91 Å². The molecule has 0 aliphatic carbocycles. The van der Waals surface area contributed by atoms with E-state index in [0.29, 0.717) is 21.4 Å². The number of aromatic nitrogens is 2. The minimum atomic E-state index is -0.466. The van der Waals surface area contributed by atoms with Crippen molar-refractivity contribution in [2.45, 2.75) is 19.0 Å². The summed E-state index contributed by atoms with van der Waals surface area (Å²) in [6.07, 6.45) is 3.49. The Kier molecular flexibility index (Phi) is 6.01. The van der Waals surface area contributed by atoms with E-state index in [1.54, 1.807) is 13.1 Å². The number of rotatable bonds is 6. The number of halogens is 1. The number of thioether (sulfide) groups is 1. The maximum absolute atomic E-state index is 12.3. The minimum Gasteiger partial charge on any atom is -0.325 e. The van der Waals surface area contributed by atoms with E-state index in [1.807, 2.05) is 35.9 Å². The van der Waals surface area contributed by atoms with Crippen molar-refractivity contribution >= 4 is 40.6 Å². The third-order valence-corrected chi connectivity index (χ3v) is 5.51. The van der Waals surface area contributed by atoms with Crippen LogP contribution in [0, 0.1) is 24.0 Å². The van der Waals surface area contributed by atoms with Gasteiger partial charge in [-0.3, -0.25) is 19.5 Å². The summed E-state index contributed by atoms with van der Waals surface area (Å²) in [7, 11) is 0. The summed E-state index contributed by atoms with van der Waals surface area (Å²) in [5, 5.41) is 14.9. The predicted molar refractivity (Wildman–Crippen MR) is 110 cm³/mol. The smallest absolute Gasteiger partial charge is 0.269 e. The Morgan fingerprint density at radius 3 is 2.82 bits per heavy atom. The molecule has 144 valence electrons. The van der Waals surface area contributed by atoms with Gasteiger partial charge in [0.15, 0.2) is 5.16 Å². The third-order valence-electron chi connectivity index (χ3n) is 4.13. The summed E-state index contributed by atoms with van der Waals surface area (Å²) in [6, 6.07) is 9.95. The first-order chi connectivity index (χ1) is 13.4. The Bertz CT molecular complexity index is 1050. The number of benzene rings is 2. The average molecular weight is 417 g/mol. The van der Waals surface area contributed by atoms with Crippen LogP contribution in [0.5, 0.6) is 0 Å². The van der Waals surface area contributed by atoms with Crippen molar-refractivity contribution < 1.29 is 9.72 Å². The molecule has 1 aromatic heterocycles. The molecule has 0 aliphatic rings. The Labute approximate surface area is 170 Å². The fourth-order valence-corrected chi connectivity index (χ4v) is 3.59. The summed E-state index contributed by atoms with van der Waals surface area (Å²) in [5.74, 6) is -0.0770. The first kappa shape index (κ1) is 19.9. The molecule has 0 atom stereocenters. The molecule has 2 aromatic carbocycles. The average Bonchev–Trinajstić information content (AvgIpc) is 3.12. The molecule has 0 spiro atoms. The highest BCUT2D eigenvalue weighted by molar-refractivity contribution is 7.99. The predicted octanol–water partition coefficient (Wildman–Crippen LogP) is 4.78. The van der Waals surface area contributed by atoms with Gasteiger partial charge in [0.1, 0.15) is 0 Å². The van der Waals surface area contributed by atoms with Crippen LogP contribution in [0.3, 0.4) is 0 Å². The normalized spacial score (nSPS) is 10.7. The number of anilines is 1. The second kappa shape index (κ2) is 8.45. The first-order valence-electron chi connectivity index (χ1n) is 8.33. The van der Waals surface area contributed by atoms with Crippen LogP contribution in [0.25, 0.3) is 5.69 Å². The van der Waals surface area contributed by atoms with Crippen LogP contribution in [0.4, 0.5) is 11.4 Å². The van der Waals surface area contributed by atoms with E-state index >= 15 is 0 Å². The van der Waals surface area contributed by atoms with Crippen molar-refractivity contribution in [2.24, 2.45) is 0 Å². The lowest BCUT2D eigenvalue weighted by molar-refractivity contribution is -0.384. The van der Waals surface area contributed by atoms with Crippen LogP contribution in [0.2, 0.25) is 5.02 Å². The third kappa shape index (κ3) is 4.35. The van der Waals surface area contributed by atoms with Gasteiger partial charge in [-0.05, 0) is 43.2 Å². The fraction of sp³-hybridized carbons (Fsp3) is 0.158. The molecule has 1 N–H and O–H groups in total. The van der Waals surface area contributed by atoms with Crippen LogP contribution in [0.15, 0.2) is 53.9 Å². The number of amides is 1. The Morgan fingerprint density at radius 2 is 2.11 bits per heavy atom. The summed E-state index contributed by atoms with van der Waals surface area (Å²) in [4.78, 5) is 27.0. The molecule has 7 nitrogen and oxygen atoms in total. The van der Waals surface area contributed by atoms with Crippen LogP contribution >= 0.6 is 23.4 Å². The Balaban J connectivity index is 1.69. The quantitative estimate of drug-likeness (QED) is 0.354. The highest BCUT2D eigenvalue weighted by Crippen LogP contribution is 2.27. The van der Waals surface area contributed by atoms with Crippen molar-refractivity contribution in [3.63, 3.8) is 0 Å². The molecule has 9 heteroatoms. The molecule has 1 amide bonds. The van der Waals surface area contributed by atoms with E-state index in [4.69, 9.17) is 11.6 Å². The van der Waals surface area contributed by atoms with Crippen molar-refractivity contribution in [1.82, 2.24) is 9.55 Å². The van der Waals surface area contributed by atoms with Gasteiger partial charge in [0, 0.05) is 35.2 Å². The van der Waals surface area contributed by atoms with Crippen LogP contribution in [-0.2, 0) is 4.79 Å². The number of nitro groups is 1. The number of nitrogens with zero attached hydrogens (tertiary/aromatic N) is 3. The van der Waals surface area contributed by atoms with E-state index < -0.39 is 4.92 Å². The first-order valence-corrected chi connectivity index (χ1v) is 9.69. The van der Waals surface area contributed by atoms with Crippen molar-refractivity contribution in [3.05, 3.63) is 75.1 Å². The number of non-ortho nitro benzene ring substituents is 1. The lowest BCUT2D eigenvalue weighted by Gasteiger charge is -2.12. The SMILES string of the molecule is Cc1cc([N+](=O)[O-])ccc1NC(=O)CSc1nccn1-c1cccc(Cl)c1C. The Hall–Kier alpha value is -2.84. The zero-order valence-electron chi connectivity index (χ0n) is 15.2. The molecule has 28 heavy (non-hydrogen) atoms. The van der Waals surface area contributed by atoms with Gasteiger partial charge >= 0.3 is 0 Å². The van der Waals surface area contributed by atoms with Crippen molar-refractivity contribution in [1.29, 1.82) is 0 Å². The molecule has 3 aromatic rings. The van der Waals surface area contributed by atoms with E-state index in [9.17, 15) is 14.9 Å². The number of hydrogen-bond donors (Lipinski definition) is 1. The van der Waals surface area contributed by atoms with E-state index in [1.165, 1.54) is 30.0 Å². The molecule has 0 fully saturated rings. The molecule has 0 aliphatic heterocycles.